The van der Waals surface area contributed by atoms with E-state index in [9.17, 15) is 8.42 Å². The Morgan fingerprint density at radius 2 is 2.00 bits per heavy atom. The van der Waals surface area contributed by atoms with Crippen LogP contribution >= 0.6 is 11.8 Å². The number of sulfonamides is 1. The van der Waals surface area contributed by atoms with Crippen molar-refractivity contribution >= 4 is 27.5 Å². The average molecular weight is 302 g/mol. The third-order valence-electron chi connectivity index (χ3n) is 2.81. The van der Waals surface area contributed by atoms with Crippen LogP contribution < -0.4 is 10.5 Å². The second kappa shape index (κ2) is 7.77. The first-order valence-electron chi connectivity index (χ1n) is 6.32. The SMILES string of the molecule is CSCCCCCNS(=O)(=O)c1ccc(N)cc1C. The highest BCUT2D eigenvalue weighted by Gasteiger charge is 2.15. The van der Waals surface area contributed by atoms with E-state index in [0.29, 0.717) is 22.7 Å². The van der Waals surface area contributed by atoms with Gasteiger partial charge in [-0.2, -0.15) is 11.8 Å². The van der Waals surface area contributed by atoms with Crippen LogP contribution in [-0.4, -0.2) is 27.0 Å². The number of nitrogens with two attached hydrogens (primary N) is 1. The first-order chi connectivity index (χ1) is 8.97. The normalized spacial score (nSPS) is 11.7. The molecule has 1 aromatic carbocycles. The van der Waals surface area contributed by atoms with Gasteiger partial charge >= 0.3 is 0 Å². The van der Waals surface area contributed by atoms with Crippen LogP contribution in [0.25, 0.3) is 0 Å². The van der Waals surface area contributed by atoms with E-state index in [-0.39, 0.29) is 0 Å². The summed E-state index contributed by atoms with van der Waals surface area (Å²) in [6, 6.07) is 4.84. The fourth-order valence-electron chi connectivity index (χ4n) is 1.81. The van der Waals surface area contributed by atoms with E-state index in [1.54, 1.807) is 25.1 Å². The van der Waals surface area contributed by atoms with Crippen LogP contribution in [0.5, 0.6) is 0 Å². The molecule has 0 aliphatic carbocycles. The molecule has 0 saturated heterocycles. The molecule has 0 radical (unpaired) electrons. The third-order valence-corrected chi connectivity index (χ3v) is 5.12. The van der Waals surface area contributed by atoms with Crippen molar-refractivity contribution in [3.63, 3.8) is 0 Å². The zero-order valence-electron chi connectivity index (χ0n) is 11.5. The monoisotopic (exact) mass is 302 g/mol. The van der Waals surface area contributed by atoms with E-state index in [4.69, 9.17) is 5.73 Å². The maximum absolute atomic E-state index is 12.1. The second-order valence-corrected chi connectivity index (χ2v) is 7.20. The van der Waals surface area contributed by atoms with Gasteiger partial charge in [0.05, 0.1) is 4.90 Å². The average Bonchev–Trinajstić information content (AvgIpc) is 2.33. The molecule has 0 bridgehead atoms. The van der Waals surface area contributed by atoms with E-state index in [0.717, 1.165) is 25.0 Å². The third kappa shape index (κ3) is 5.42. The molecule has 0 fully saturated rings. The Morgan fingerprint density at radius 1 is 1.26 bits per heavy atom. The molecular formula is C13H22N2O2S2. The summed E-state index contributed by atoms with van der Waals surface area (Å²) in [4.78, 5) is 0.311. The predicted molar refractivity (Wildman–Crippen MR) is 83.0 cm³/mol. The minimum absolute atomic E-state index is 0.311. The zero-order chi connectivity index (χ0) is 14.3. The first-order valence-corrected chi connectivity index (χ1v) is 9.20. The van der Waals surface area contributed by atoms with Crippen molar-refractivity contribution in [3.8, 4) is 0 Å². The van der Waals surface area contributed by atoms with Gasteiger partial charge in [-0.15, -0.1) is 0 Å². The van der Waals surface area contributed by atoms with E-state index in [1.807, 2.05) is 11.8 Å². The molecule has 0 saturated carbocycles. The number of unbranched alkanes of at least 4 members (excludes halogenated alkanes) is 2. The maximum atomic E-state index is 12.1. The molecular weight excluding hydrogens is 280 g/mol. The summed E-state index contributed by atoms with van der Waals surface area (Å²) in [5.74, 6) is 1.13. The molecule has 0 amide bonds. The van der Waals surface area contributed by atoms with E-state index in [2.05, 4.69) is 11.0 Å². The number of nitrogens with one attached hydrogen (secondary N) is 1. The Kier molecular flexibility index (Phi) is 6.68. The number of rotatable bonds is 8. The molecule has 0 aliphatic rings. The van der Waals surface area contributed by atoms with Crippen LogP contribution in [-0.2, 0) is 10.0 Å². The van der Waals surface area contributed by atoms with E-state index < -0.39 is 10.0 Å². The molecule has 0 aromatic heterocycles. The summed E-state index contributed by atoms with van der Waals surface area (Å²) < 4.78 is 26.8. The van der Waals surface area contributed by atoms with E-state index in [1.165, 1.54) is 0 Å². The van der Waals surface area contributed by atoms with Crippen molar-refractivity contribution in [2.75, 3.05) is 24.3 Å². The van der Waals surface area contributed by atoms with Gasteiger partial charge < -0.3 is 5.73 Å². The summed E-state index contributed by atoms with van der Waals surface area (Å²) in [5, 5.41) is 0. The van der Waals surface area contributed by atoms with Crippen LogP contribution in [0.15, 0.2) is 23.1 Å². The Labute approximate surface area is 120 Å². The van der Waals surface area contributed by atoms with Gasteiger partial charge in [-0.05, 0) is 55.5 Å². The largest absolute Gasteiger partial charge is 0.399 e. The molecule has 19 heavy (non-hydrogen) atoms. The molecule has 0 aliphatic heterocycles. The summed E-state index contributed by atoms with van der Waals surface area (Å²) in [5.41, 5.74) is 6.87. The van der Waals surface area contributed by atoms with Gasteiger partial charge in [-0.3, -0.25) is 0 Å². The van der Waals surface area contributed by atoms with Crippen LogP contribution in [0.3, 0.4) is 0 Å². The predicted octanol–water partition coefficient (Wildman–Crippen LogP) is 2.39. The minimum Gasteiger partial charge on any atom is -0.399 e. The number of nitrogen functional groups attached to an aromatic ring is 1. The lowest BCUT2D eigenvalue weighted by molar-refractivity contribution is 0.575. The van der Waals surface area contributed by atoms with Gasteiger partial charge in [-0.25, -0.2) is 13.1 Å². The van der Waals surface area contributed by atoms with Crippen molar-refractivity contribution in [2.24, 2.45) is 0 Å². The van der Waals surface area contributed by atoms with Gasteiger partial charge in [0.25, 0.3) is 0 Å². The summed E-state index contributed by atoms with van der Waals surface area (Å²) in [7, 11) is -3.41. The zero-order valence-corrected chi connectivity index (χ0v) is 13.1. The Hall–Kier alpha value is -0.720. The summed E-state index contributed by atoms with van der Waals surface area (Å²) in [6.07, 6.45) is 5.12. The maximum Gasteiger partial charge on any atom is 0.240 e. The van der Waals surface area contributed by atoms with Gasteiger partial charge in [0.2, 0.25) is 10.0 Å². The molecule has 1 aromatic rings. The minimum atomic E-state index is -3.41. The summed E-state index contributed by atoms with van der Waals surface area (Å²) in [6.45, 7) is 2.24. The standard InChI is InChI=1S/C13H22N2O2S2/c1-11-10-12(14)6-7-13(11)19(16,17)15-8-4-3-5-9-18-2/h6-7,10,15H,3-5,8-9,14H2,1-2H3. The second-order valence-electron chi connectivity index (χ2n) is 4.48. The van der Waals surface area contributed by atoms with Crippen molar-refractivity contribution in [3.05, 3.63) is 23.8 Å². The molecule has 1 rings (SSSR count). The fourth-order valence-corrected chi connectivity index (χ4v) is 3.60. The highest BCUT2D eigenvalue weighted by atomic mass is 32.2. The van der Waals surface area contributed by atoms with Crippen LogP contribution in [0, 0.1) is 6.92 Å². The lowest BCUT2D eigenvalue weighted by Crippen LogP contribution is -2.25. The lowest BCUT2D eigenvalue weighted by atomic mass is 10.2. The van der Waals surface area contributed by atoms with Crippen LogP contribution in [0.4, 0.5) is 5.69 Å². The topological polar surface area (TPSA) is 72.2 Å². The molecule has 0 heterocycles. The molecule has 0 spiro atoms. The Morgan fingerprint density at radius 3 is 2.63 bits per heavy atom. The number of hydrogen-bond acceptors (Lipinski definition) is 4. The highest BCUT2D eigenvalue weighted by Crippen LogP contribution is 2.17. The molecule has 108 valence electrons. The van der Waals surface area contributed by atoms with Crippen molar-refractivity contribution in [2.45, 2.75) is 31.1 Å². The lowest BCUT2D eigenvalue weighted by Gasteiger charge is -2.09. The first kappa shape index (κ1) is 16.3. The molecule has 3 N–H and O–H groups in total. The molecule has 6 heteroatoms. The fraction of sp³-hybridized carbons (Fsp3) is 0.538. The quantitative estimate of drug-likeness (QED) is 0.571. The van der Waals surface area contributed by atoms with Gasteiger partial charge in [0.15, 0.2) is 0 Å². The van der Waals surface area contributed by atoms with Crippen LogP contribution in [0.2, 0.25) is 0 Å². The number of aryl methyl sites for hydroxylation is 1. The Bertz CT molecular complexity index is 501. The Balaban J connectivity index is 2.52. The number of anilines is 1. The summed E-state index contributed by atoms with van der Waals surface area (Å²) >= 11 is 1.81. The molecule has 0 atom stereocenters. The number of thioether (sulfide) groups is 1. The van der Waals surface area contributed by atoms with Crippen molar-refractivity contribution < 1.29 is 8.42 Å². The van der Waals surface area contributed by atoms with E-state index >= 15 is 0 Å². The highest BCUT2D eigenvalue weighted by molar-refractivity contribution is 7.98. The molecule has 4 nitrogen and oxygen atoms in total. The van der Waals surface area contributed by atoms with Crippen LogP contribution in [0.1, 0.15) is 24.8 Å². The van der Waals surface area contributed by atoms with Gasteiger partial charge in [0.1, 0.15) is 0 Å². The smallest absolute Gasteiger partial charge is 0.240 e. The molecule has 0 unspecified atom stereocenters. The number of benzene rings is 1. The van der Waals surface area contributed by atoms with Gasteiger partial charge in [-0.1, -0.05) is 6.42 Å². The number of hydrogen-bond donors (Lipinski definition) is 2. The van der Waals surface area contributed by atoms with Crippen molar-refractivity contribution in [1.82, 2.24) is 4.72 Å². The van der Waals surface area contributed by atoms with Crippen molar-refractivity contribution in [1.29, 1.82) is 0 Å². The van der Waals surface area contributed by atoms with Gasteiger partial charge in [0, 0.05) is 12.2 Å².